The van der Waals surface area contributed by atoms with Gasteiger partial charge in [-0.25, -0.2) is 0 Å². The van der Waals surface area contributed by atoms with E-state index in [0.717, 1.165) is 13.0 Å². The Bertz CT molecular complexity index is 98.8. The van der Waals surface area contributed by atoms with Gasteiger partial charge in [0.15, 0.2) is 5.79 Å². The van der Waals surface area contributed by atoms with Crippen molar-refractivity contribution in [3.8, 4) is 0 Å². The second-order valence-electron chi connectivity index (χ2n) is 3.16. The maximum Gasteiger partial charge on any atom is 0.161 e. The van der Waals surface area contributed by atoms with Crippen molar-refractivity contribution in [2.24, 2.45) is 0 Å². The maximum absolute atomic E-state index is 9.23. The minimum atomic E-state index is -1.04. The predicted octanol–water partition coefficient (Wildman–Crippen LogP) is 1.08. The van der Waals surface area contributed by atoms with Gasteiger partial charge in [0, 0.05) is 0 Å². The molecule has 0 aromatic carbocycles. The largest absolute Gasteiger partial charge is 0.366 e. The van der Waals surface area contributed by atoms with Crippen molar-refractivity contribution in [1.29, 1.82) is 0 Å². The molecule has 0 aliphatic rings. The highest BCUT2D eigenvalue weighted by atomic mass is 16.6. The van der Waals surface area contributed by atoms with Crippen molar-refractivity contribution in [2.75, 3.05) is 6.54 Å². The Morgan fingerprint density at radius 3 is 2.45 bits per heavy atom. The fourth-order valence-corrected chi connectivity index (χ4v) is 0.822. The van der Waals surface area contributed by atoms with Gasteiger partial charge in [-0.3, -0.25) is 5.32 Å². The van der Waals surface area contributed by atoms with Gasteiger partial charge in [0.05, 0.1) is 0 Å². The topological polar surface area (TPSA) is 41.5 Å². The Balaban J connectivity index is 3.44. The van der Waals surface area contributed by atoms with Gasteiger partial charge in [-0.1, -0.05) is 6.92 Å². The van der Waals surface area contributed by atoms with Crippen LogP contribution in [0.5, 0.6) is 0 Å². The first-order valence-electron chi connectivity index (χ1n) is 4.09. The maximum atomic E-state index is 9.23. The number of hydrogen-bond donors (Lipinski definition) is 2. The zero-order valence-electron chi connectivity index (χ0n) is 7.85. The molecule has 0 radical (unpaired) electrons. The third-order valence-electron chi connectivity index (χ3n) is 1.15. The van der Waals surface area contributed by atoms with Crippen molar-refractivity contribution >= 4 is 0 Å². The standard InChI is InChI=1S/C8H19NO2/c1-5-6-9-7(2)11-8(3,4)10/h7,9-10H,5-6H2,1-4H3. The Labute approximate surface area is 68.8 Å². The molecule has 0 rings (SSSR count). The zero-order chi connectivity index (χ0) is 8.91. The summed E-state index contributed by atoms with van der Waals surface area (Å²) in [5.41, 5.74) is 0. The summed E-state index contributed by atoms with van der Waals surface area (Å²) in [4.78, 5) is 0. The summed E-state index contributed by atoms with van der Waals surface area (Å²) >= 11 is 0. The van der Waals surface area contributed by atoms with E-state index in [2.05, 4.69) is 12.2 Å². The lowest BCUT2D eigenvalue weighted by atomic mass is 10.4. The number of aliphatic hydroxyl groups is 1. The summed E-state index contributed by atoms with van der Waals surface area (Å²) in [5, 5.41) is 12.3. The SMILES string of the molecule is CCCNC(C)OC(C)(C)O. The van der Waals surface area contributed by atoms with Crippen molar-refractivity contribution in [2.45, 2.75) is 46.1 Å². The van der Waals surface area contributed by atoms with Crippen LogP contribution in [0.1, 0.15) is 34.1 Å². The zero-order valence-corrected chi connectivity index (χ0v) is 7.85. The first-order valence-corrected chi connectivity index (χ1v) is 4.09. The van der Waals surface area contributed by atoms with Gasteiger partial charge in [0.25, 0.3) is 0 Å². The molecule has 0 bridgehead atoms. The van der Waals surface area contributed by atoms with Crippen LogP contribution >= 0.6 is 0 Å². The molecule has 0 aromatic heterocycles. The second kappa shape index (κ2) is 4.70. The minimum absolute atomic E-state index is 0.0880. The second-order valence-corrected chi connectivity index (χ2v) is 3.16. The van der Waals surface area contributed by atoms with Crippen LogP contribution in [0.25, 0.3) is 0 Å². The van der Waals surface area contributed by atoms with Crippen LogP contribution in [0, 0.1) is 0 Å². The molecule has 0 amide bonds. The van der Waals surface area contributed by atoms with E-state index in [-0.39, 0.29) is 6.23 Å². The van der Waals surface area contributed by atoms with E-state index in [1.807, 2.05) is 6.92 Å². The molecule has 0 saturated carbocycles. The lowest BCUT2D eigenvalue weighted by molar-refractivity contribution is -0.207. The predicted molar refractivity (Wildman–Crippen MR) is 45.1 cm³/mol. The van der Waals surface area contributed by atoms with Gasteiger partial charge in [-0.15, -0.1) is 0 Å². The molecule has 1 atom stereocenters. The van der Waals surface area contributed by atoms with Gasteiger partial charge < -0.3 is 9.84 Å². The summed E-state index contributed by atoms with van der Waals surface area (Å²) in [5.74, 6) is -1.04. The van der Waals surface area contributed by atoms with Crippen LogP contribution in [0.2, 0.25) is 0 Å². The van der Waals surface area contributed by atoms with Gasteiger partial charge in [0.1, 0.15) is 6.23 Å². The van der Waals surface area contributed by atoms with E-state index in [1.165, 1.54) is 0 Å². The molecule has 0 saturated heterocycles. The molecule has 1 unspecified atom stereocenters. The summed E-state index contributed by atoms with van der Waals surface area (Å²) in [7, 11) is 0. The van der Waals surface area contributed by atoms with E-state index >= 15 is 0 Å². The summed E-state index contributed by atoms with van der Waals surface area (Å²) < 4.78 is 5.18. The summed E-state index contributed by atoms with van der Waals surface area (Å²) in [6.07, 6.45) is 0.981. The van der Waals surface area contributed by atoms with E-state index < -0.39 is 5.79 Å². The van der Waals surface area contributed by atoms with Crippen LogP contribution in [0.15, 0.2) is 0 Å². The highest BCUT2D eigenvalue weighted by molar-refractivity contribution is 4.54. The van der Waals surface area contributed by atoms with Crippen molar-refractivity contribution in [3.05, 3.63) is 0 Å². The van der Waals surface area contributed by atoms with Gasteiger partial charge >= 0.3 is 0 Å². The van der Waals surface area contributed by atoms with Crippen LogP contribution in [-0.2, 0) is 4.74 Å². The van der Waals surface area contributed by atoms with Crippen LogP contribution in [0.4, 0.5) is 0 Å². The van der Waals surface area contributed by atoms with Gasteiger partial charge in [0.2, 0.25) is 0 Å². The smallest absolute Gasteiger partial charge is 0.161 e. The fourth-order valence-electron chi connectivity index (χ4n) is 0.822. The third kappa shape index (κ3) is 7.78. The summed E-state index contributed by atoms with van der Waals surface area (Å²) in [6, 6.07) is 0. The average Bonchev–Trinajstić information content (AvgIpc) is 1.79. The van der Waals surface area contributed by atoms with Crippen LogP contribution < -0.4 is 5.32 Å². The molecule has 2 N–H and O–H groups in total. The number of nitrogens with one attached hydrogen (secondary N) is 1. The molecule has 0 heterocycles. The molecule has 11 heavy (non-hydrogen) atoms. The van der Waals surface area contributed by atoms with Crippen molar-refractivity contribution in [1.82, 2.24) is 5.32 Å². The third-order valence-corrected chi connectivity index (χ3v) is 1.15. The normalized spacial score (nSPS) is 15.0. The lowest BCUT2D eigenvalue weighted by Crippen LogP contribution is -2.37. The molecule has 0 aromatic rings. The molecule has 0 aliphatic heterocycles. The number of hydrogen-bond acceptors (Lipinski definition) is 3. The van der Waals surface area contributed by atoms with Crippen molar-refractivity contribution in [3.63, 3.8) is 0 Å². The van der Waals surface area contributed by atoms with Crippen molar-refractivity contribution < 1.29 is 9.84 Å². The average molecular weight is 161 g/mol. The number of ether oxygens (including phenoxy) is 1. The molecule has 3 heteroatoms. The van der Waals surface area contributed by atoms with E-state index in [1.54, 1.807) is 13.8 Å². The monoisotopic (exact) mass is 161 g/mol. The molecular weight excluding hydrogens is 142 g/mol. The Morgan fingerprint density at radius 2 is 2.09 bits per heavy atom. The highest BCUT2D eigenvalue weighted by Gasteiger charge is 2.15. The molecule has 0 fully saturated rings. The van der Waals surface area contributed by atoms with E-state index in [4.69, 9.17) is 4.74 Å². The fraction of sp³-hybridized carbons (Fsp3) is 1.00. The van der Waals surface area contributed by atoms with Gasteiger partial charge in [-0.2, -0.15) is 0 Å². The molecule has 68 valence electrons. The summed E-state index contributed by atoms with van der Waals surface area (Å²) in [6.45, 7) is 8.13. The molecule has 3 nitrogen and oxygen atoms in total. The Morgan fingerprint density at radius 1 is 1.55 bits per heavy atom. The van der Waals surface area contributed by atoms with Gasteiger partial charge in [-0.05, 0) is 33.7 Å². The number of rotatable bonds is 5. The first-order chi connectivity index (χ1) is 4.95. The lowest BCUT2D eigenvalue weighted by Gasteiger charge is -2.24. The Hall–Kier alpha value is -0.120. The molecule has 0 aliphatic carbocycles. The van der Waals surface area contributed by atoms with E-state index in [0.29, 0.717) is 0 Å². The highest BCUT2D eigenvalue weighted by Crippen LogP contribution is 2.05. The molecule has 0 spiro atoms. The Kier molecular flexibility index (Phi) is 4.65. The van der Waals surface area contributed by atoms with Crippen LogP contribution in [0.3, 0.4) is 0 Å². The minimum Gasteiger partial charge on any atom is -0.366 e. The van der Waals surface area contributed by atoms with E-state index in [9.17, 15) is 5.11 Å². The first kappa shape index (κ1) is 10.9. The molecular formula is C8H19NO2. The quantitative estimate of drug-likeness (QED) is 0.593. The van der Waals surface area contributed by atoms with Crippen LogP contribution in [-0.4, -0.2) is 23.7 Å².